The third kappa shape index (κ3) is 5.47. The number of hydrogen-bond donors (Lipinski definition) is 1. The van der Waals surface area contributed by atoms with Gasteiger partial charge in [-0.05, 0) is 48.5 Å². The van der Waals surface area contributed by atoms with E-state index in [1.165, 1.54) is 35.0 Å². The summed E-state index contributed by atoms with van der Waals surface area (Å²) in [6.07, 6.45) is 0. The number of anilines is 1. The van der Waals surface area contributed by atoms with Crippen molar-refractivity contribution in [3.63, 3.8) is 0 Å². The molecule has 0 spiro atoms. The van der Waals surface area contributed by atoms with Crippen molar-refractivity contribution in [2.45, 2.75) is 0 Å². The number of carbonyl (C=O) groups excluding carboxylic acids is 1. The summed E-state index contributed by atoms with van der Waals surface area (Å²) < 4.78 is 26.4. The van der Waals surface area contributed by atoms with Crippen LogP contribution in [-0.4, -0.2) is 45.9 Å². The van der Waals surface area contributed by atoms with Crippen LogP contribution in [0.1, 0.15) is 10.4 Å². The predicted octanol–water partition coefficient (Wildman–Crippen LogP) is 4.26. The van der Waals surface area contributed by atoms with E-state index >= 15 is 0 Å². The quantitative estimate of drug-likeness (QED) is 0.217. The topological polar surface area (TPSA) is 121 Å². The van der Waals surface area contributed by atoms with Crippen LogP contribution in [0.2, 0.25) is 0 Å². The highest BCUT2D eigenvalue weighted by molar-refractivity contribution is 6.04. The van der Waals surface area contributed by atoms with Gasteiger partial charge in [0.15, 0.2) is 5.82 Å². The van der Waals surface area contributed by atoms with Gasteiger partial charge in [0.2, 0.25) is 0 Å². The number of hydrogen-bond acceptors (Lipinski definition) is 7. The third-order valence-electron chi connectivity index (χ3n) is 4.93. The Morgan fingerprint density at radius 1 is 1.06 bits per heavy atom. The summed E-state index contributed by atoms with van der Waals surface area (Å²) in [5, 5.41) is 17.9. The van der Waals surface area contributed by atoms with Crippen molar-refractivity contribution in [2.24, 2.45) is 0 Å². The Kier molecular flexibility index (Phi) is 7.07. The van der Waals surface area contributed by atoms with Gasteiger partial charge in [0, 0.05) is 30.5 Å². The highest BCUT2D eigenvalue weighted by Crippen LogP contribution is 2.26. The molecule has 0 radical (unpaired) electrons. The second-order valence-corrected chi connectivity index (χ2v) is 7.26. The molecule has 0 aliphatic heterocycles. The van der Waals surface area contributed by atoms with Crippen LogP contribution in [0.4, 0.5) is 15.8 Å². The molecular formula is C24H20FN5O5. The summed E-state index contributed by atoms with van der Waals surface area (Å²) in [6.45, 7) is 0.567. The van der Waals surface area contributed by atoms with Gasteiger partial charge in [0.25, 0.3) is 11.6 Å². The van der Waals surface area contributed by atoms with Crippen LogP contribution in [0, 0.1) is 15.9 Å². The Hall–Kier alpha value is -4.64. The number of methoxy groups -OCH3 is 1. The molecule has 0 saturated heterocycles. The minimum Gasteiger partial charge on any atom is -0.460 e. The van der Waals surface area contributed by atoms with Crippen molar-refractivity contribution in [1.29, 1.82) is 0 Å². The summed E-state index contributed by atoms with van der Waals surface area (Å²) in [6, 6.07) is 18.2. The fourth-order valence-corrected chi connectivity index (χ4v) is 3.19. The molecule has 0 atom stereocenters. The van der Waals surface area contributed by atoms with Crippen LogP contribution in [0.3, 0.4) is 0 Å². The molecule has 35 heavy (non-hydrogen) atoms. The molecule has 1 aromatic heterocycles. The van der Waals surface area contributed by atoms with Crippen LogP contribution in [0.25, 0.3) is 17.1 Å². The fraction of sp³-hybridized carbons (Fsp3) is 0.125. The van der Waals surface area contributed by atoms with Crippen LogP contribution in [0.15, 0.2) is 72.8 Å². The first-order chi connectivity index (χ1) is 17.0. The molecule has 0 aliphatic rings. The number of ether oxygens (including phenoxy) is 2. The molecule has 0 bridgehead atoms. The van der Waals surface area contributed by atoms with Crippen LogP contribution in [0.5, 0.6) is 6.01 Å². The maximum Gasteiger partial charge on any atom is 0.336 e. The third-order valence-corrected chi connectivity index (χ3v) is 4.93. The lowest BCUT2D eigenvalue weighted by Gasteiger charge is -2.09. The molecule has 0 aliphatic carbocycles. The highest BCUT2D eigenvalue weighted by atomic mass is 19.1. The van der Waals surface area contributed by atoms with Gasteiger partial charge in [-0.1, -0.05) is 12.1 Å². The number of nitro groups is 1. The minimum atomic E-state index is -0.534. The van der Waals surface area contributed by atoms with E-state index in [2.05, 4.69) is 15.4 Å². The van der Waals surface area contributed by atoms with E-state index in [0.717, 1.165) is 0 Å². The van der Waals surface area contributed by atoms with Crippen molar-refractivity contribution in [3.05, 3.63) is 94.3 Å². The SMILES string of the molecule is COCCOc1nc(-c2ccccc2F)n(-c2ccc(NC(=O)c3ccc([N+](=O)[O-])cc3)cc2)n1. The predicted molar refractivity (Wildman–Crippen MR) is 125 cm³/mol. The summed E-state index contributed by atoms with van der Waals surface area (Å²) in [5.41, 5.74) is 1.47. The van der Waals surface area contributed by atoms with Gasteiger partial charge in [-0.3, -0.25) is 14.9 Å². The number of nitrogens with one attached hydrogen (secondary N) is 1. The average molecular weight is 477 g/mol. The fourth-order valence-electron chi connectivity index (χ4n) is 3.19. The Labute approximate surface area is 199 Å². The molecular weight excluding hydrogens is 457 g/mol. The van der Waals surface area contributed by atoms with Crippen molar-refractivity contribution in [3.8, 4) is 23.1 Å². The Morgan fingerprint density at radius 3 is 2.43 bits per heavy atom. The van der Waals surface area contributed by atoms with Gasteiger partial charge in [-0.15, -0.1) is 5.10 Å². The number of carbonyl (C=O) groups is 1. The summed E-state index contributed by atoms with van der Waals surface area (Å²) in [5.74, 6) is -0.635. The molecule has 11 heteroatoms. The van der Waals surface area contributed by atoms with E-state index in [-0.39, 0.29) is 35.3 Å². The van der Waals surface area contributed by atoms with Gasteiger partial charge in [-0.2, -0.15) is 4.98 Å². The Morgan fingerprint density at radius 2 is 1.77 bits per heavy atom. The maximum absolute atomic E-state index is 14.5. The average Bonchev–Trinajstić information content (AvgIpc) is 3.29. The molecule has 4 rings (SSSR count). The van der Waals surface area contributed by atoms with E-state index in [1.807, 2.05) is 0 Å². The van der Waals surface area contributed by atoms with Crippen LogP contribution < -0.4 is 10.1 Å². The zero-order valence-corrected chi connectivity index (χ0v) is 18.6. The molecule has 1 amide bonds. The lowest BCUT2D eigenvalue weighted by molar-refractivity contribution is -0.384. The zero-order chi connectivity index (χ0) is 24.8. The summed E-state index contributed by atoms with van der Waals surface area (Å²) in [4.78, 5) is 27.1. The van der Waals surface area contributed by atoms with Crippen LogP contribution >= 0.6 is 0 Å². The molecule has 1 heterocycles. The minimum absolute atomic E-state index is 0.0656. The number of non-ortho nitro benzene ring substituents is 1. The van der Waals surface area contributed by atoms with E-state index in [0.29, 0.717) is 18.0 Å². The molecule has 1 N–H and O–H groups in total. The van der Waals surface area contributed by atoms with Gasteiger partial charge in [0.1, 0.15) is 12.4 Å². The van der Waals surface area contributed by atoms with Gasteiger partial charge < -0.3 is 14.8 Å². The van der Waals surface area contributed by atoms with Crippen molar-refractivity contribution in [2.75, 3.05) is 25.6 Å². The summed E-state index contributed by atoms with van der Waals surface area (Å²) in [7, 11) is 1.54. The molecule has 0 unspecified atom stereocenters. The standard InChI is InChI=1S/C24H20FN5O5/c1-34-14-15-35-24-27-22(20-4-2-3-5-21(20)25)29(28-24)18-12-8-17(9-13-18)26-23(31)16-6-10-19(11-7-16)30(32)33/h2-13H,14-15H2,1H3,(H,26,31). The lowest BCUT2D eigenvalue weighted by atomic mass is 10.2. The van der Waals surface area contributed by atoms with E-state index in [9.17, 15) is 19.3 Å². The van der Waals surface area contributed by atoms with E-state index in [4.69, 9.17) is 9.47 Å². The van der Waals surface area contributed by atoms with Crippen molar-refractivity contribution in [1.82, 2.24) is 14.8 Å². The monoisotopic (exact) mass is 477 g/mol. The van der Waals surface area contributed by atoms with Crippen molar-refractivity contribution >= 4 is 17.3 Å². The smallest absolute Gasteiger partial charge is 0.336 e. The Bertz CT molecular complexity index is 1340. The highest BCUT2D eigenvalue weighted by Gasteiger charge is 2.18. The number of halogens is 1. The number of rotatable bonds is 9. The maximum atomic E-state index is 14.5. The lowest BCUT2D eigenvalue weighted by Crippen LogP contribution is -2.12. The molecule has 4 aromatic rings. The van der Waals surface area contributed by atoms with Gasteiger partial charge >= 0.3 is 6.01 Å². The zero-order valence-electron chi connectivity index (χ0n) is 18.6. The summed E-state index contributed by atoms with van der Waals surface area (Å²) >= 11 is 0. The second kappa shape index (κ2) is 10.5. The molecule has 3 aromatic carbocycles. The normalized spacial score (nSPS) is 10.7. The number of nitrogens with zero attached hydrogens (tertiary/aromatic N) is 4. The number of nitro benzene ring substituents is 1. The van der Waals surface area contributed by atoms with Gasteiger partial charge in [-0.25, -0.2) is 9.07 Å². The van der Waals surface area contributed by atoms with E-state index in [1.54, 1.807) is 49.6 Å². The second-order valence-electron chi connectivity index (χ2n) is 7.26. The molecule has 0 saturated carbocycles. The van der Waals surface area contributed by atoms with E-state index < -0.39 is 16.6 Å². The largest absolute Gasteiger partial charge is 0.460 e. The first-order valence-electron chi connectivity index (χ1n) is 10.5. The molecule has 10 nitrogen and oxygen atoms in total. The first kappa shape index (κ1) is 23.5. The van der Waals surface area contributed by atoms with Crippen molar-refractivity contribution < 1.29 is 23.6 Å². The van der Waals surface area contributed by atoms with Gasteiger partial charge in [0.05, 0.1) is 22.8 Å². The number of amides is 1. The molecule has 178 valence electrons. The first-order valence-corrected chi connectivity index (χ1v) is 10.5. The molecule has 0 fully saturated rings. The van der Waals surface area contributed by atoms with Crippen LogP contribution in [-0.2, 0) is 4.74 Å². The number of benzene rings is 3. The Balaban J connectivity index is 1.57. The number of aromatic nitrogens is 3.